The van der Waals surface area contributed by atoms with Crippen LogP contribution in [0.15, 0.2) is 24.3 Å². The average molecular weight is 277 g/mol. The molecule has 0 aromatic heterocycles. The van der Waals surface area contributed by atoms with Gasteiger partial charge in [-0.05, 0) is 56.5 Å². The maximum Gasteiger partial charge on any atom is 0.308 e. The molecular formula is C16H23NO3. The molecule has 0 amide bonds. The van der Waals surface area contributed by atoms with Crippen molar-refractivity contribution in [3.8, 4) is 5.75 Å². The van der Waals surface area contributed by atoms with E-state index in [0.717, 1.165) is 32.5 Å². The highest BCUT2D eigenvalue weighted by Gasteiger charge is 2.22. The van der Waals surface area contributed by atoms with Gasteiger partial charge in [0.05, 0.1) is 6.10 Å². The van der Waals surface area contributed by atoms with Crippen LogP contribution in [0.1, 0.15) is 32.3 Å². The van der Waals surface area contributed by atoms with Crippen molar-refractivity contribution in [2.75, 3.05) is 13.1 Å². The SMILES string of the molecule is CC(=O)Oc1ccc(CN2CCC(C(C)O)CC2)cc1. The summed E-state index contributed by atoms with van der Waals surface area (Å²) in [4.78, 5) is 13.3. The molecule has 1 fully saturated rings. The fourth-order valence-corrected chi connectivity index (χ4v) is 2.68. The topological polar surface area (TPSA) is 49.8 Å². The maximum atomic E-state index is 10.8. The predicted molar refractivity (Wildman–Crippen MR) is 77.4 cm³/mol. The molecule has 0 spiro atoms. The molecule has 0 radical (unpaired) electrons. The Kier molecular flexibility index (Phi) is 5.15. The van der Waals surface area contributed by atoms with Crippen LogP contribution in [0.4, 0.5) is 0 Å². The first-order chi connectivity index (χ1) is 9.54. The number of piperidine rings is 1. The molecule has 20 heavy (non-hydrogen) atoms. The number of aliphatic hydroxyl groups excluding tert-OH is 1. The Morgan fingerprint density at radius 3 is 2.45 bits per heavy atom. The number of carbonyl (C=O) groups is 1. The van der Waals surface area contributed by atoms with Gasteiger partial charge in [0.15, 0.2) is 0 Å². The molecule has 1 unspecified atom stereocenters. The highest BCUT2D eigenvalue weighted by atomic mass is 16.5. The number of ether oxygens (including phenoxy) is 1. The summed E-state index contributed by atoms with van der Waals surface area (Å²) in [5, 5.41) is 9.60. The first kappa shape index (κ1) is 15.0. The van der Waals surface area contributed by atoms with Crippen LogP contribution in [-0.4, -0.2) is 35.2 Å². The monoisotopic (exact) mass is 277 g/mol. The lowest BCUT2D eigenvalue weighted by Crippen LogP contribution is -2.36. The second-order valence-corrected chi connectivity index (χ2v) is 5.59. The standard InChI is InChI=1S/C16H23NO3/c1-12(18)15-7-9-17(10-8-15)11-14-3-5-16(6-4-14)20-13(2)19/h3-6,12,15,18H,7-11H2,1-2H3. The average Bonchev–Trinajstić information content (AvgIpc) is 2.41. The fourth-order valence-electron chi connectivity index (χ4n) is 2.68. The van der Waals surface area contributed by atoms with E-state index in [0.29, 0.717) is 11.7 Å². The van der Waals surface area contributed by atoms with Crippen molar-refractivity contribution in [1.82, 2.24) is 4.90 Å². The van der Waals surface area contributed by atoms with Crippen molar-refractivity contribution in [3.05, 3.63) is 29.8 Å². The zero-order chi connectivity index (χ0) is 14.5. The predicted octanol–water partition coefficient (Wildman–Crippen LogP) is 2.20. The number of rotatable bonds is 4. The van der Waals surface area contributed by atoms with Crippen molar-refractivity contribution in [2.24, 2.45) is 5.92 Å². The number of hydrogen-bond donors (Lipinski definition) is 1. The molecule has 110 valence electrons. The molecule has 1 aliphatic heterocycles. The van der Waals surface area contributed by atoms with Crippen LogP contribution in [0.3, 0.4) is 0 Å². The third-order valence-electron chi connectivity index (χ3n) is 3.91. The number of aliphatic hydroxyl groups is 1. The molecule has 4 heteroatoms. The minimum atomic E-state index is -0.294. The van der Waals surface area contributed by atoms with Crippen LogP contribution < -0.4 is 4.74 Å². The Hall–Kier alpha value is -1.39. The first-order valence-electron chi connectivity index (χ1n) is 7.22. The first-order valence-corrected chi connectivity index (χ1v) is 7.22. The summed E-state index contributed by atoms with van der Waals surface area (Å²) >= 11 is 0. The van der Waals surface area contributed by atoms with E-state index in [9.17, 15) is 9.90 Å². The van der Waals surface area contributed by atoms with Crippen LogP contribution in [0.5, 0.6) is 5.75 Å². The van der Waals surface area contributed by atoms with Crippen molar-refractivity contribution in [3.63, 3.8) is 0 Å². The van der Waals surface area contributed by atoms with Gasteiger partial charge in [-0.25, -0.2) is 0 Å². The minimum Gasteiger partial charge on any atom is -0.427 e. The third-order valence-corrected chi connectivity index (χ3v) is 3.91. The summed E-state index contributed by atoms with van der Waals surface area (Å²) in [6.45, 7) is 6.25. The summed E-state index contributed by atoms with van der Waals surface area (Å²) in [5.41, 5.74) is 1.22. The Labute approximate surface area is 120 Å². The summed E-state index contributed by atoms with van der Waals surface area (Å²) in [7, 11) is 0. The second-order valence-electron chi connectivity index (χ2n) is 5.59. The van der Waals surface area contributed by atoms with E-state index in [4.69, 9.17) is 4.74 Å². The van der Waals surface area contributed by atoms with Gasteiger partial charge in [0.25, 0.3) is 0 Å². The van der Waals surface area contributed by atoms with Crippen molar-refractivity contribution < 1.29 is 14.6 Å². The van der Waals surface area contributed by atoms with Crippen LogP contribution >= 0.6 is 0 Å². The van der Waals surface area contributed by atoms with Gasteiger partial charge in [0, 0.05) is 13.5 Å². The number of carbonyl (C=O) groups excluding carboxylic acids is 1. The van der Waals surface area contributed by atoms with E-state index in [1.807, 2.05) is 31.2 Å². The molecule has 1 atom stereocenters. The van der Waals surface area contributed by atoms with Crippen molar-refractivity contribution in [2.45, 2.75) is 39.3 Å². The van der Waals surface area contributed by atoms with Gasteiger partial charge in [-0.2, -0.15) is 0 Å². The highest BCUT2D eigenvalue weighted by molar-refractivity contribution is 5.69. The lowest BCUT2D eigenvalue weighted by atomic mass is 9.92. The maximum absolute atomic E-state index is 10.8. The zero-order valence-electron chi connectivity index (χ0n) is 12.2. The van der Waals surface area contributed by atoms with E-state index < -0.39 is 0 Å². The Morgan fingerprint density at radius 1 is 1.35 bits per heavy atom. The van der Waals surface area contributed by atoms with E-state index in [2.05, 4.69) is 4.90 Å². The Morgan fingerprint density at radius 2 is 1.95 bits per heavy atom. The summed E-state index contributed by atoms with van der Waals surface area (Å²) < 4.78 is 5.02. The van der Waals surface area contributed by atoms with E-state index in [1.54, 1.807) is 0 Å². The van der Waals surface area contributed by atoms with Gasteiger partial charge >= 0.3 is 5.97 Å². The normalized spacial score (nSPS) is 18.8. The number of esters is 1. The molecule has 1 N–H and O–H groups in total. The highest BCUT2D eigenvalue weighted by Crippen LogP contribution is 2.22. The molecule has 1 aromatic rings. The zero-order valence-corrected chi connectivity index (χ0v) is 12.2. The largest absolute Gasteiger partial charge is 0.427 e. The molecule has 0 bridgehead atoms. The van der Waals surface area contributed by atoms with Gasteiger partial charge in [-0.15, -0.1) is 0 Å². The number of hydrogen-bond acceptors (Lipinski definition) is 4. The van der Waals surface area contributed by atoms with E-state index in [1.165, 1.54) is 12.5 Å². The van der Waals surface area contributed by atoms with Crippen LogP contribution in [-0.2, 0) is 11.3 Å². The van der Waals surface area contributed by atoms with Gasteiger partial charge in [0.2, 0.25) is 0 Å². The molecule has 0 aliphatic carbocycles. The lowest BCUT2D eigenvalue weighted by Gasteiger charge is -2.33. The molecule has 1 aromatic carbocycles. The van der Waals surface area contributed by atoms with Crippen LogP contribution in [0.25, 0.3) is 0 Å². The molecule has 4 nitrogen and oxygen atoms in total. The smallest absolute Gasteiger partial charge is 0.308 e. The van der Waals surface area contributed by atoms with Gasteiger partial charge in [-0.3, -0.25) is 9.69 Å². The summed E-state index contributed by atoms with van der Waals surface area (Å²) in [6, 6.07) is 7.66. The number of nitrogens with zero attached hydrogens (tertiary/aromatic N) is 1. The van der Waals surface area contributed by atoms with Gasteiger partial charge in [-0.1, -0.05) is 12.1 Å². The molecule has 1 aliphatic rings. The van der Waals surface area contributed by atoms with Gasteiger partial charge in [0.1, 0.15) is 5.75 Å². The van der Waals surface area contributed by atoms with E-state index >= 15 is 0 Å². The summed E-state index contributed by atoms with van der Waals surface area (Å²) in [6.07, 6.45) is 1.92. The molecule has 2 rings (SSSR count). The van der Waals surface area contributed by atoms with Crippen LogP contribution in [0, 0.1) is 5.92 Å². The summed E-state index contributed by atoms with van der Waals surface area (Å²) in [5.74, 6) is 0.740. The molecule has 1 heterocycles. The molecule has 0 saturated carbocycles. The quantitative estimate of drug-likeness (QED) is 0.677. The molecule has 1 saturated heterocycles. The number of likely N-dealkylation sites (tertiary alicyclic amines) is 1. The Balaban J connectivity index is 1.83. The Bertz CT molecular complexity index is 434. The number of benzene rings is 1. The van der Waals surface area contributed by atoms with E-state index in [-0.39, 0.29) is 12.1 Å². The molecular weight excluding hydrogens is 254 g/mol. The second kappa shape index (κ2) is 6.86. The fraction of sp³-hybridized carbons (Fsp3) is 0.562. The third kappa shape index (κ3) is 4.32. The van der Waals surface area contributed by atoms with Gasteiger partial charge < -0.3 is 9.84 Å². The van der Waals surface area contributed by atoms with Crippen molar-refractivity contribution >= 4 is 5.97 Å². The van der Waals surface area contributed by atoms with Crippen LogP contribution in [0.2, 0.25) is 0 Å². The lowest BCUT2D eigenvalue weighted by molar-refractivity contribution is -0.131. The van der Waals surface area contributed by atoms with Crippen molar-refractivity contribution in [1.29, 1.82) is 0 Å². The minimum absolute atomic E-state index is 0.194.